The van der Waals surface area contributed by atoms with E-state index in [0.717, 1.165) is 0 Å². The Hall–Kier alpha value is -0.330. The van der Waals surface area contributed by atoms with Gasteiger partial charge >= 0.3 is 0 Å². The molecule has 1 heterocycles. The van der Waals surface area contributed by atoms with Crippen LogP contribution in [0.1, 0.15) is 6.92 Å². The molecule has 0 saturated heterocycles. The van der Waals surface area contributed by atoms with Gasteiger partial charge in [0.05, 0.1) is 22.7 Å². The van der Waals surface area contributed by atoms with E-state index < -0.39 is 10.0 Å². The summed E-state index contributed by atoms with van der Waals surface area (Å²) in [5.74, 6) is 0.0146. The standard InChI is InChI=1S/C7H8BrClN2O2S/c1-2-14(12,13)11-5-3-6(9)7(8)10-4-5/h3-4,11H,2H2,1H3. The molecule has 0 spiro atoms. The number of hydrogen-bond acceptors (Lipinski definition) is 3. The fourth-order valence-electron chi connectivity index (χ4n) is 0.729. The molecule has 0 unspecified atom stereocenters. The van der Waals surface area contributed by atoms with Gasteiger partial charge in [-0.3, -0.25) is 4.72 Å². The minimum absolute atomic E-state index is 0.0146. The second kappa shape index (κ2) is 4.46. The summed E-state index contributed by atoms with van der Waals surface area (Å²) in [5.41, 5.74) is 0.361. The van der Waals surface area contributed by atoms with E-state index in [1.54, 1.807) is 6.92 Å². The molecule has 4 nitrogen and oxygen atoms in total. The van der Waals surface area contributed by atoms with Crippen molar-refractivity contribution in [2.45, 2.75) is 6.92 Å². The van der Waals surface area contributed by atoms with E-state index in [-0.39, 0.29) is 5.75 Å². The summed E-state index contributed by atoms with van der Waals surface area (Å²) in [6, 6.07) is 1.49. The number of nitrogens with zero attached hydrogens (tertiary/aromatic N) is 1. The third-order valence-corrected chi connectivity index (χ3v) is 3.90. The van der Waals surface area contributed by atoms with Crippen LogP contribution in [-0.2, 0) is 10.0 Å². The molecule has 0 aromatic carbocycles. The highest BCUT2D eigenvalue weighted by molar-refractivity contribution is 9.10. The first-order valence-corrected chi connectivity index (χ1v) is 6.58. The minimum atomic E-state index is -3.27. The SMILES string of the molecule is CCS(=O)(=O)Nc1cnc(Br)c(Cl)c1. The smallest absolute Gasteiger partial charge is 0.232 e. The van der Waals surface area contributed by atoms with E-state index in [2.05, 4.69) is 25.6 Å². The number of aromatic nitrogens is 1. The maximum atomic E-state index is 11.2. The van der Waals surface area contributed by atoms with Gasteiger partial charge < -0.3 is 0 Å². The van der Waals surface area contributed by atoms with Gasteiger partial charge in [0.25, 0.3) is 0 Å². The largest absolute Gasteiger partial charge is 0.282 e. The molecule has 0 saturated carbocycles. The summed E-state index contributed by atoms with van der Waals surface area (Å²) in [6.45, 7) is 1.55. The summed E-state index contributed by atoms with van der Waals surface area (Å²) >= 11 is 8.85. The number of hydrogen-bond donors (Lipinski definition) is 1. The number of nitrogens with one attached hydrogen (secondary N) is 1. The third kappa shape index (κ3) is 3.11. The third-order valence-electron chi connectivity index (χ3n) is 1.45. The van der Waals surface area contributed by atoms with Crippen LogP contribution in [0.4, 0.5) is 5.69 Å². The molecule has 1 rings (SSSR count). The summed E-state index contributed by atoms with van der Waals surface area (Å²) in [5, 5.41) is 0.362. The Balaban J connectivity index is 2.94. The maximum Gasteiger partial charge on any atom is 0.232 e. The molecule has 0 atom stereocenters. The van der Waals surface area contributed by atoms with Gasteiger partial charge in [-0.05, 0) is 28.9 Å². The van der Waals surface area contributed by atoms with Gasteiger partial charge in [-0.1, -0.05) is 11.6 Å². The van der Waals surface area contributed by atoms with Gasteiger partial charge in [-0.15, -0.1) is 0 Å². The van der Waals surface area contributed by atoms with Crippen LogP contribution in [-0.4, -0.2) is 19.2 Å². The van der Waals surface area contributed by atoms with E-state index in [9.17, 15) is 8.42 Å². The molecule has 78 valence electrons. The van der Waals surface area contributed by atoms with Crippen molar-refractivity contribution in [1.29, 1.82) is 0 Å². The van der Waals surface area contributed by atoms with E-state index in [1.807, 2.05) is 0 Å². The van der Waals surface area contributed by atoms with Crippen LogP contribution in [0.25, 0.3) is 0 Å². The van der Waals surface area contributed by atoms with Crippen molar-refractivity contribution in [1.82, 2.24) is 4.98 Å². The van der Waals surface area contributed by atoms with Crippen molar-refractivity contribution >= 4 is 43.2 Å². The molecule has 7 heteroatoms. The van der Waals surface area contributed by atoms with Gasteiger partial charge in [0.2, 0.25) is 10.0 Å². The number of pyridine rings is 1. The Morgan fingerprint density at radius 3 is 2.79 bits per heavy atom. The predicted molar refractivity (Wildman–Crippen MR) is 60.0 cm³/mol. The lowest BCUT2D eigenvalue weighted by Crippen LogP contribution is -2.14. The van der Waals surface area contributed by atoms with Crippen molar-refractivity contribution in [3.63, 3.8) is 0 Å². The first kappa shape index (κ1) is 11.7. The lowest BCUT2D eigenvalue weighted by molar-refractivity contribution is 0.602. The van der Waals surface area contributed by atoms with E-state index in [1.165, 1.54) is 12.3 Å². The Kier molecular flexibility index (Phi) is 3.74. The Morgan fingerprint density at radius 1 is 1.64 bits per heavy atom. The lowest BCUT2D eigenvalue weighted by Gasteiger charge is -2.05. The van der Waals surface area contributed by atoms with Crippen molar-refractivity contribution < 1.29 is 8.42 Å². The highest BCUT2D eigenvalue weighted by Crippen LogP contribution is 2.23. The predicted octanol–water partition coefficient (Wildman–Crippen LogP) is 2.26. The van der Waals surface area contributed by atoms with Crippen molar-refractivity contribution in [2.75, 3.05) is 10.5 Å². The summed E-state index contributed by atoms with van der Waals surface area (Å²) in [6.07, 6.45) is 1.39. The number of sulfonamides is 1. The molecular formula is C7H8BrClN2O2S. The highest BCUT2D eigenvalue weighted by Gasteiger charge is 2.08. The second-order valence-corrected chi connectivity index (χ2v) is 5.67. The zero-order valence-corrected chi connectivity index (χ0v) is 10.4. The van der Waals surface area contributed by atoms with Crippen LogP contribution >= 0.6 is 27.5 Å². The molecule has 1 aromatic rings. The molecular weight excluding hydrogens is 292 g/mol. The fraction of sp³-hybridized carbons (Fsp3) is 0.286. The van der Waals surface area contributed by atoms with Crippen LogP contribution in [0.2, 0.25) is 5.02 Å². The number of anilines is 1. The van der Waals surface area contributed by atoms with Crippen molar-refractivity contribution in [3.8, 4) is 0 Å². The molecule has 0 bridgehead atoms. The average Bonchev–Trinajstić information content (AvgIpc) is 2.11. The molecule has 1 N–H and O–H groups in total. The summed E-state index contributed by atoms with van der Waals surface area (Å²) in [7, 11) is -3.27. The van der Waals surface area contributed by atoms with Crippen molar-refractivity contribution in [2.24, 2.45) is 0 Å². The van der Waals surface area contributed by atoms with Crippen molar-refractivity contribution in [3.05, 3.63) is 21.9 Å². The molecule has 1 aromatic heterocycles. The monoisotopic (exact) mass is 298 g/mol. The first-order valence-electron chi connectivity index (χ1n) is 3.76. The van der Waals surface area contributed by atoms with Crippen LogP contribution in [0.5, 0.6) is 0 Å². The van der Waals surface area contributed by atoms with Crippen LogP contribution < -0.4 is 4.72 Å². The quantitative estimate of drug-likeness (QED) is 0.871. The molecule has 14 heavy (non-hydrogen) atoms. The van der Waals surface area contributed by atoms with Gasteiger partial charge in [0.15, 0.2) is 0 Å². The van der Waals surface area contributed by atoms with E-state index in [0.29, 0.717) is 15.3 Å². The Morgan fingerprint density at radius 2 is 2.29 bits per heavy atom. The zero-order chi connectivity index (χ0) is 10.8. The molecule has 0 fully saturated rings. The van der Waals surface area contributed by atoms with E-state index in [4.69, 9.17) is 11.6 Å². The van der Waals surface area contributed by atoms with Gasteiger partial charge in [-0.25, -0.2) is 13.4 Å². The molecule has 0 amide bonds. The van der Waals surface area contributed by atoms with Gasteiger partial charge in [0, 0.05) is 0 Å². The lowest BCUT2D eigenvalue weighted by atomic mass is 10.4. The number of rotatable bonds is 3. The topological polar surface area (TPSA) is 59.1 Å². The highest BCUT2D eigenvalue weighted by atomic mass is 79.9. The van der Waals surface area contributed by atoms with E-state index >= 15 is 0 Å². The Labute approximate surface area is 95.9 Å². The molecule has 0 radical (unpaired) electrons. The van der Waals surface area contributed by atoms with Gasteiger partial charge in [-0.2, -0.15) is 0 Å². The van der Waals surface area contributed by atoms with Crippen LogP contribution in [0.3, 0.4) is 0 Å². The Bertz CT molecular complexity index is 435. The molecule has 0 aliphatic rings. The molecule has 0 aliphatic carbocycles. The minimum Gasteiger partial charge on any atom is -0.282 e. The summed E-state index contributed by atoms with van der Waals surface area (Å²) in [4.78, 5) is 3.85. The average molecular weight is 300 g/mol. The van der Waals surface area contributed by atoms with Crippen LogP contribution in [0.15, 0.2) is 16.9 Å². The van der Waals surface area contributed by atoms with Crippen LogP contribution in [0, 0.1) is 0 Å². The second-order valence-electron chi connectivity index (χ2n) is 2.50. The fourth-order valence-corrected chi connectivity index (χ4v) is 1.73. The number of halogens is 2. The first-order chi connectivity index (χ1) is 6.44. The maximum absolute atomic E-state index is 11.2. The zero-order valence-electron chi connectivity index (χ0n) is 7.29. The normalized spacial score (nSPS) is 11.4. The van der Waals surface area contributed by atoms with Gasteiger partial charge in [0.1, 0.15) is 4.60 Å². The summed E-state index contributed by atoms with van der Waals surface area (Å²) < 4.78 is 25.2. The molecule has 0 aliphatic heterocycles.